The molecule has 0 aliphatic carbocycles. The van der Waals surface area contributed by atoms with E-state index in [4.69, 9.17) is 9.47 Å². The van der Waals surface area contributed by atoms with E-state index in [1.165, 1.54) is 17.7 Å². The number of hydrogen-bond acceptors (Lipinski definition) is 3. The van der Waals surface area contributed by atoms with Crippen LogP contribution in [0.4, 0.5) is 10.1 Å². The quantitative estimate of drug-likeness (QED) is 0.496. The first-order valence-corrected chi connectivity index (χ1v) is 9.64. The molecule has 0 bridgehead atoms. The third-order valence-corrected chi connectivity index (χ3v) is 4.47. The van der Waals surface area contributed by atoms with Crippen LogP contribution in [0, 0.1) is 5.82 Å². The highest BCUT2D eigenvalue weighted by molar-refractivity contribution is 5.52. The number of halogens is 1. The van der Waals surface area contributed by atoms with E-state index in [2.05, 4.69) is 30.4 Å². The molecule has 0 atom stereocenters. The number of anilines is 1. The Morgan fingerprint density at radius 3 is 2.46 bits per heavy atom. The first-order chi connectivity index (χ1) is 13.7. The number of ether oxygens (including phenoxy) is 2. The molecular formula is C24H26FNO2. The standard InChI is InChI=1S/C24H26FNO2/c1-3-20-9-5-6-11-22(20)26-16-18-12-13-23(24(15-18)27-4-2)28-17-19-8-7-10-21(25)14-19/h5-15,26H,3-4,16-17H2,1-2H3. The molecule has 0 unspecified atom stereocenters. The van der Waals surface area contributed by atoms with Gasteiger partial charge in [-0.1, -0.05) is 43.3 Å². The maximum absolute atomic E-state index is 13.3. The number of para-hydroxylation sites is 1. The normalized spacial score (nSPS) is 10.5. The lowest BCUT2D eigenvalue weighted by molar-refractivity contribution is 0.269. The monoisotopic (exact) mass is 379 g/mol. The van der Waals surface area contributed by atoms with Gasteiger partial charge in [0.05, 0.1) is 6.61 Å². The lowest BCUT2D eigenvalue weighted by Crippen LogP contribution is -2.04. The number of nitrogens with one attached hydrogen (secondary N) is 1. The van der Waals surface area contributed by atoms with E-state index >= 15 is 0 Å². The molecule has 1 N–H and O–H groups in total. The molecular weight excluding hydrogens is 353 g/mol. The van der Waals surface area contributed by atoms with Crippen LogP contribution in [-0.2, 0) is 19.6 Å². The van der Waals surface area contributed by atoms with Crippen molar-refractivity contribution in [2.45, 2.75) is 33.4 Å². The molecule has 3 rings (SSSR count). The molecule has 4 heteroatoms. The minimum Gasteiger partial charge on any atom is -0.490 e. The van der Waals surface area contributed by atoms with Gasteiger partial charge in [0, 0.05) is 12.2 Å². The summed E-state index contributed by atoms with van der Waals surface area (Å²) in [6.07, 6.45) is 0.986. The van der Waals surface area contributed by atoms with E-state index in [-0.39, 0.29) is 5.82 Å². The van der Waals surface area contributed by atoms with Gasteiger partial charge in [-0.3, -0.25) is 0 Å². The Bertz CT molecular complexity index is 911. The number of aryl methyl sites for hydroxylation is 1. The predicted octanol–water partition coefficient (Wildman–Crippen LogP) is 5.98. The van der Waals surface area contributed by atoms with E-state index < -0.39 is 0 Å². The summed E-state index contributed by atoms with van der Waals surface area (Å²) in [4.78, 5) is 0. The first-order valence-electron chi connectivity index (χ1n) is 9.64. The molecule has 0 fully saturated rings. The Morgan fingerprint density at radius 2 is 1.68 bits per heavy atom. The molecule has 0 saturated heterocycles. The van der Waals surface area contributed by atoms with Crippen LogP contribution in [0.5, 0.6) is 11.5 Å². The Morgan fingerprint density at radius 1 is 0.821 bits per heavy atom. The van der Waals surface area contributed by atoms with E-state index in [0.29, 0.717) is 31.3 Å². The zero-order valence-corrected chi connectivity index (χ0v) is 16.4. The summed E-state index contributed by atoms with van der Waals surface area (Å²) < 4.78 is 25.0. The second-order valence-electron chi connectivity index (χ2n) is 6.50. The van der Waals surface area contributed by atoms with Gasteiger partial charge in [-0.2, -0.15) is 0 Å². The Balaban J connectivity index is 1.69. The first kappa shape index (κ1) is 19.7. The maximum Gasteiger partial charge on any atom is 0.161 e. The molecule has 0 spiro atoms. The third-order valence-electron chi connectivity index (χ3n) is 4.47. The molecule has 0 amide bonds. The average Bonchev–Trinajstić information content (AvgIpc) is 2.72. The Kier molecular flexibility index (Phi) is 6.90. The molecule has 3 aromatic carbocycles. The molecule has 0 heterocycles. The third kappa shape index (κ3) is 5.26. The van der Waals surface area contributed by atoms with Crippen molar-refractivity contribution in [3.05, 3.63) is 89.2 Å². The lowest BCUT2D eigenvalue weighted by Gasteiger charge is -2.15. The van der Waals surface area contributed by atoms with Gasteiger partial charge in [0.25, 0.3) is 0 Å². The number of rotatable bonds is 9. The number of hydrogen-bond donors (Lipinski definition) is 1. The summed E-state index contributed by atoms with van der Waals surface area (Å²) >= 11 is 0. The van der Waals surface area contributed by atoms with Crippen molar-refractivity contribution in [1.29, 1.82) is 0 Å². The minimum absolute atomic E-state index is 0.264. The molecule has 3 aromatic rings. The van der Waals surface area contributed by atoms with Crippen molar-refractivity contribution >= 4 is 5.69 Å². The minimum atomic E-state index is -0.264. The molecule has 0 aliphatic heterocycles. The topological polar surface area (TPSA) is 30.5 Å². The molecule has 0 saturated carbocycles. The average molecular weight is 379 g/mol. The van der Waals surface area contributed by atoms with Crippen molar-refractivity contribution in [2.75, 3.05) is 11.9 Å². The summed E-state index contributed by atoms with van der Waals surface area (Å²) in [6, 6.07) is 20.7. The second-order valence-corrected chi connectivity index (χ2v) is 6.50. The van der Waals surface area contributed by atoms with Gasteiger partial charge >= 0.3 is 0 Å². The highest BCUT2D eigenvalue weighted by Crippen LogP contribution is 2.30. The maximum atomic E-state index is 13.3. The second kappa shape index (κ2) is 9.79. The molecule has 0 aromatic heterocycles. The van der Waals surface area contributed by atoms with Crippen molar-refractivity contribution in [3.8, 4) is 11.5 Å². The molecule has 0 radical (unpaired) electrons. The fourth-order valence-corrected chi connectivity index (χ4v) is 3.04. The smallest absolute Gasteiger partial charge is 0.161 e. The van der Waals surface area contributed by atoms with Gasteiger partial charge in [0.1, 0.15) is 12.4 Å². The van der Waals surface area contributed by atoms with Crippen molar-refractivity contribution in [2.24, 2.45) is 0 Å². The van der Waals surface area contributed by atoms with Crippen LogP contribution in [0.25, 0.3) is 0 Å². The molecule has 28 heavy (non-hydrogen) atoms. The fraction of sp³-hybridized carbons (Fsp3) is 0.250. The van der Waals surface area contributed by atoms with Gasteiger partial charge in [-0.05, 0) is 60.4 Å². The van der Waals surface area contributed by atoms with E-state index in [1.54, 1.807) is 6.07 Å². The zero-order chi connectivity index (χ0) is 19.8. The Labute approximate surface area is 166 Å². The summed E-state index contributed by atoms with van der Waals surface area (Å²) in [5.41, 5.74) is 4.33. The van der Waals surface area contributed by atoms with Crippen LogP contribution < -0.4 is 14.8 Å². The van der Waals surface area contributed by atoms with Crippen LogP contribution in [0.2, 0.25) is 0 Å². The van der Waals surface area contributed by atoms with Crippen LogP contribution in [0.1, 0.15) is 30.5 Å². The van der Waals surface area contributed by atoms with Crippen LogP contribution in [0.3, 0.4) is 0 Å². The van der Waals surface area contributed by atoms with E-state index in [0.717, 1.165) is 23.2 Å². The van der Waals surface area contributed by atoms with E-state index in [9.17, 15) is 4.39 Å². The summed E-state index contributed by atoms with van der Waals surface area (Å²) in [7, 11) is 0. The summed E-state index contributed by atoms with van der Waals surface area (Å²) in [5.74, 6) is 1.09. The summed E-state index contributed by atoms with van der Waals surface area (Å²) in [5, 5.41) is 3.50. The largest absolute Gasteiger partial charge is 0.490 e. The van der Waals surface area contributed by atoms with Gasteiger partial charge < -0.3 is 14.8 Å². The molecule has 146 valence electrons. The molecule has 0 aliphatic rings. The van der Waals surface area contributed by atoms with Crippen molar-refractivity contribution < 1.29 is 13.9 Å². The van der Waals surface area contributed by atoms with E-state index in [1.807, 2.05) is 37.3 Å². The van der Waals surface area contributed by atoms with Crippen LogP contribution >= 0.6 is 0 Å². The highest BCUT2D eigenvalue weighted by Gasteiger charge is 2.08. The predicted molar refractivity (Wildman–Crippen MR) is 111 cm³/mol. The SMILES string of the molecule is CCOc1cc(CNc2ccccc2CC)ccc1OCc1cccc(F)c1. The van der Waals surface area contributed by atoms with Crippen LogP contribution in [-0.4, -0.2) is 6.61 Å². The van der Waals surface area contributed by atoms with Crippen LogP contribution in [0.15, 0.2) is 66.7 Å². The van der Waals surface area contributed by atoms with Gasteiger partial charge in [-0.15, -0.1) is 0 Å². The van der Waals surface area contributed by atoms with Gasteiger partial charge in [0.2, 0.25) is 0 Å². The lowest BCUT2D eigenvalue weighted by atomic mass is 10.1. The highest BCUT2D eigenvalue weighted by atomic mass is 19.1. The van der Waals surface area contributed by atoms with Gasteiger partial charge in [0.15, 0.2) is 11.5 Å². The van der Waals surface area contributed by atoms with Crippen molar-refractivity contribution in [3.63, 3.8) is 0 Å². The number of benzene rings is 3. The zero-order valence-electron chi connectivity index (χ0n) is 16.4. The molecule has 3 nitrogen and oxygen atoms in total. The Hall–Kier alpha value is -3.01. The van der Waals surface area contributed by atoms with Crippen molar-refractivity contribution in [1.82, 2.24) is 0 Å². The van der Waals surface area contributed by atoms with Gasteiger partial charge in [-0.25, -0.2) is 4.39 Å². The summed E-state index contributed by atoms with van der Waals surface area (Å²) in [6.45, 7) is 5.63. The fourth-order valence-electron chi connectivity index (χ4n) is 3.04.